The van der Waals surface area contributed by atoms with Crippen molar-refractivity contribution in [2.45, 2.75) is 18.9 Å². The van der Waals surface area contributed by atoms with Gasteiger partial charge >= 0.3 is 0 Å². The van der Waals surface area contributed by atoms with Crippen LogP contribution in [-0.4, -0.2) is 7.05 Å². The van der Waals surface area contributed by atoms with E-state index in [0.29, 0.717) is 21.0 Å². The number of hydrogen-bond acceptors (Lipinski definition) is 1. The van der Waals surface area contributed by atoms with Crippen molar-refractivity contribution in [2.75, 3.05) is 7.05 Å². The molecule has 21 heavy (non-hydrogen) atoms. The van der Waals surface area contributed by atoms with E-state index in [0.717, 1.165) is 12.8 Å². The first-order valence-corrected chi connectivity index (χ1v) is 8.15. The molecule has 1 nitrogen and oxygen atoms in total. The number of benzene rings is 2. The summed E-state index contributed by atoms with van der Waals surface area (Å²) in [5, 5.41) is 3.81. The van der Waals surface area contributed by atoms with Crippen molar-refractivity contribution in [1.29, 1.82) is 0 Å². The van der Waals surface area contributed by atoms with Crippen LogP contribution in [0.25, 0.3) is 0 Å². The molecule has 0 radical (unpaired) electrons. The molecule has 2 aromatic rings. The van der Waals surface area contributed by atoms with E-state index in [1.54, 1.807) is 6.07 Å². The predicted molar refractivity (Wildman–Crippen MR) is 88.3 cm³/mol. The Labute approximate surface area is 137 Å². The van der Waals surface area contributed by atoms with Gasteiger partial charge in [0, 0.05) is 16.1 Å². The van der Waals surface area contributed by atoms with Crippen LogP contribution in [0, 0.1) is 11.7 Å². The summed E-state index contributed by atoms with van der Waals surface area (Å²) in [4.78, 5) is 0. The van der Waals surface area contributed by atoms with Crippen LogP contribution in [0.3, 0.4) is 0 Å². The highest BCUT2D eigenvalue weighted by Gasteiger charge is 2.30. The first kappa shape index (κ1) is 15.0. The van der Waals surface area contributed by atoms with Crippen LogP contribution in [0.1, 0.15) is 22.7 Å². The van der Waals surface area contributed by atoms with Crippen LogP contribution in [0.2, 0.25) is 5.02 Å². The van der Waals surface area contributed by atoms with E-state index in [2.05, 4.69) is 45.5 Å². The molecule has 0 aromatic heterocycles. The van der Waals surface area contributed by atoms with Gasteiger partial charge in [0.05, 0.1) is 5.02 Å². The average molecular weight is 369 g/mol. The number of nitrogens with one attached hydrogen (secondary N) is 1. The molecule has 1 atom stereocenters. The summed E-state index contributed by atoms with van der Waals surface area (Å²) in [6.45, 7) is 0. The predicted octanol–water partition coefficient (Wildman–Crippen LogP) is 4.92. The largest absolute Gasteiger partial charge is 0.313 e. The maximum atomic E-state index is 14.3. The second-order valence-corrected chi connectivity index (χ2v) is 6.75. The fourth-order valence-electron chi connectivity index (χ4n) is 3.25. The molecule has 3 rings (SSSR count). The second-order valence-electron chi connectivity index (χ2n) is 5.49. The van der Waals surface area contributed by atoms with Gasteiger partial charge in [-0.25, -0.2) is 4.39 Å². The zero-order valence-electron chi connectivity index (χ0n) is 11.7. The van der Waals surface area contributed by atoms with Crippen molar-refractivity contribution in [3.8, 4) is 0 Å². The molecule has 1 aliphatic carbocycles. The topological polar surface area (TPSA) is 12.0 Å². The molecule has 0 saturated carbocycles. The van der Waals surface area contributed by atoms with E-state index in [1.807, 2.05) is 7.05 Å². The highest BCUT2D eigenvalue weighted by Crippen LogP contribution is 2.38. The molecule has 4 heteroatoms. The van der Waals surface area contributed by atoms with Gasteiger partial charge in [-0.1, -0.05) is 35.9 Å². The summed E-state index contributed by atoms with van der Waals surface area (Å²) in [7, 11) is 1.88. The maximum absolute atomic E-state index is 14.3. The fraction of sp³-hybridized carbons (Fsp3) is 0.294. The van der Waals surface area contributed by atoms with Gasteiger partial charge in [0.25, 0.3) is 0 Å². The number of hydrogen-bond donors (Lipinski definition) is 1. The lowest BCUT2D eigenvalue weighted by Gasteiger charge is -2.24. The molecule has 0 amide bonds. The summed E-state index contributed by atoms with van der Waals surface area (Å²) in [5.41, 5.74) is 3.38. The van der Waals surface area contributed by atoms with Crippen LogP contribution < -0.4 is 5.32 Å². The minimum Gasteiger partial charge on any atom is -0.313 e. The summed E-state index contributed by atoms with van der Waals surface area (Å²) >= 11 is 9.41. The van der Waals surface area contributed by atoms with Gasteiger partial charge in [0.2, 0.25) is 0 Å². The first-order valence-electron chi connectivity index (χ1n) is 6.98. The lowest BCUT2D eigenvalue weighted by Crippen LogP contribution is -2.26. The van der Waals surface area contributed by atoms with Crippen LogP contribution in [0.5, 0.6) is 0 Å². The van der Waals surface area contributed by atoms with E-state index in [-0.39, 0.29) is 11.9 Å². The number of fused-ring (bicyclic) bond motifs is 1. The minimum atomic E-state index is -0.221. The highest BCUT2D eigenvalue weighted by molar-refractivity contribution is 9.10. The van der Waals surface area contributed by atoms with Crippen molar-refractivity contribution < 1.29 is 4.39 Å². The summed E-state index contributed by atoms with van der Waals surface area (Å²) < 4.78 is 14.9. The molecule has 0 spiro atoms. The lowest BCUT2D eigenvalue weighted by atomic mass is 9.90. The molecule has 0 heterocycles. The zero-order chi connectivity index (χ0) is 15.0. The van der Waals surface area contributed by atoms with Crippen LogP contribution in [0.15, 0.2) is 40.9 Å². The Hall–Kier alpha value is -0.900. The average Bonchev–Trinajstić information content (AvgIpc) is 2.88. The Kier molecular flexibility index (Phi) is 4.34. The lowest BCUT2D eigenvalue weighted by molar-refractivity contribution is 0.384. The Morgan fingerprint density at radius 3 is 2.43 bits per heavy atom. The summed E-state index contributed by atoms with van der Waals surface area (Å²) in [5.74, 6) is 0.126. The van der Waals surface area contributed by atoms with Gasteiger partial charge in [-0.3, -0.25) is 0 Å². The third-order valence-corrected chi connectivity index (χ3v) is 5.44. The van der Waals surface area contributed by atoms with Crippen molar-refractivity contribution in [3.63, 3.8) is 0 Å². The summed E-state index contributed by atoms with van der Waals surface area (Å²) in [6.07, 6.45) is 1.93. The molecule has 110 valence electrons. The van der Waals surface area contributed by atoms with Crippen molar-refractivity contribution >= 4 is 27.5 Å². The van der Waals surface area contributed by atoms with Crippen molar-refractivity contribution in [2.24, 2.45) is 5.92 Å². The minimum absolute atomic E-state index is 0.0389. The maximum Gasteiger partial charge on any atom is 0.129 e. The SMILES string of the molecule is CNC(c1cc(Cl)c(Br)cc1F)C1Cc2ccccc2C1. The Morgan fingerprint density at radius 1 is 1.24 bits per heavy atom. The number of halogens is 3. The number of rotatable bonds is 3. The molecule has 1 N–H and O–H groups in total. The quantitative estimate of drug-likeness (QED) is 0.759. The Balaban J connectivity index is 1.92. The van der Waals surface area contributed by atoms with Gasteiger partial charge in [-0.2, -0.15) is 0 Å². The molecule has 1 aliphatic rings. The first-order chi connectivity index (χ1) is 10.1. The van der Waals surface area contributed by atoms with E-state index in [4.69, 9.17) is 11.6 Å². The van der Waals surface area contributed by atoms with Crippen LogP contribution in [0.4, 0.5) is 4.39 Å². The van der Waals surface area contributed by atoms with Gasteiger partial charge < -0.3 is 5.32 Å². The zero-order valence-corrected chi connectivity index (χ0v) is 14.0. The molecule has 0 fully saturated rings. The third kappa shape index (κ3) is 2.87. The van der Waals surface area contributed by atoms with Crippen molar-refractivity contribution in [3.05, 3.63) is 68.4 Å². The van der Waals surface area contributed by atoms with Gasteiger partial charge in [-0.15, -0.1) is 0 Å². The molecular formula is C17H16BrClFN. The standard InChI is InChI=1S/C17H16BrClFN/c1-21-17(13-8-15(19)14(18)9-16(13)20)12-6-10-4-2-3-5-11(10)7-12/h2-5,8-9,12,17,21H,6-7H2,1H3. The second kappa shape index (κ2) is 6.07. The Morgan fingerprint density at radius 2 is 1.86 bits per heavy atom. The third-order valence-electron chi connectivity index (χ3n) is 4.24. The van der Waals surface area contributed by atoms with E-state index >= 15 is 0 Å². The van der Waals surface area contributed by atoms with Gasteiger partial charge in [0.1, 0.15) is 5.82 Å². The Bertz CT molecular complexity index is 649. The molecular weight excluding hydrogens is 353 g/mol. The molecule has 0 saturated heterocycles. The summed E-state index contributed by atoms with van der Waals surface area (Å²) in [6, 6.07) is 11.6. The van der Waals surface area contributed by atoms with Crippen LogP contribution in [-0.2, 0) is 12.8 Å². The smallest absolute Gasteiger partial charge is 0.129 e. The van der Waals surface area contributed by atoms with E-state index in [9.17, 15) is 4.39 Å². The highest BCUT2D eigenvalue weighted by atomic mass is 79.9. The molecule has 2 aromatic carbocycles. The van der Waals surface area contributed by atoms with Crippen LogP contribution >= 0.6 is 27.5 Å². The normalized spacial score (nSPS) is 16.0. The molecule has 0 bridgehead atoms. The molecule has 0 aliphatic heterocycles. The van der Waals surface area contributed by atoms with Gasteiger partial charge in [-0.05, 0) is 65.0 Å². The monoisotopic (exact) mass is 367 g/mol. The van der Waals surface area contributed by atoms with E-state index in [1.165, 1.54) is 17.2 Å². The van der Waals surface area contributed by atoms with Gasteiger partial charge in [0.15, 0.2) is 0 Å². The van der Waals surface area contributed by atoms with E-state index < -0.39 is 0 Å². The molecule has 1 unspecified atom stereocenters. The fourth-order valence-corrected chi connectivity index (χ4v) is 3.74. The van der Waals surface area contributed by atoms with Crippen molar-refractivity contribution in [1.82, 2.24) is 5.32 Å².